The predicted molar refractivity (Wildman–Crippen MR) is 55.0 cm³/mol. The fourth-order valence-electron chi connectivity index (χ4n) is 1.58. The monoisotopic (exact) mass is 244 g/mol. The van der Waals surface area contributed by atoms with Crippen LogP contribution in [0.2, 0.25) is 0 Å². The zero-order chi connectivity index (χ0) is 11.8. The van der Waals surface area contributed by atoms with E-state index >= 15 is 0 Å². The van der Waals surface area contributed by atoms with E-state index in [1.807, 2.05) is 0 Å². The van der Waals surface area contributed by atoms with Crippen LogP contribution in [0.15, 0.2) is 29.4 Å². The average Bonchev–Trinajstić information content (AvgIpc) is 2.61. The number of hydrogen-bond donors (Lipinski definition) is 2. The van der Waals surface area contributed by atoms with Gasteiger partial charge in [0, 0.05) is 25.5 Å². The fourth-order valence-corrected chi connectivity index (χ4v) is 3.02. The summed E-state index contributed by atoms with van der Waals surface area (Å²) < 4.78 is 25.0. The molecule has 0 bridgehead atoms. The molecule has 1 aromatic rings. The van der Waals surface area contributed by atoms with Crippen LogP contribution in [0.25, 0.3) is 0 Å². The summed E-state index contributed by atoms with van der Waals surface area (Å²) >= 11 is 0. The summed E-state index contributed by atoms with van der Waals surface area (Å²) in [5, 5.41) is 18.6. The number of rotatable bonds is 2. The van der Waals surface area contributed by atoms with E-state index in [-0.39, 0.29) is 18.0 Å². The Hall–Kier alpha value is -1.02. The number of aliphatic hydroxyl groups excluding tert-OH is 2. The van der Waals surface area contributed by atoms with Gasteiger partial charge in [-0.05, 0) is 12.1 Å². The van der Waals surface area contributed by atoms with Crippen LogP contribution in [0.5, 0.6) is 0 Å². The fraction of sp³-hybridized carbons (Fsp3) is 0.444. The van der Waals surface area contributed by atoms with Crippen molar-refractivity contribution in [2.24, 2.45) is 0 Å². The third-order valence-corrected chi connectivity index (χ3v) is 4.31. The Balaban J connectivity index is 2.28. The molecular weight excluding hydrogens is 232 g/mol. The van der Waals surface area contributed by atoms with Crippen LogP contribution >= 0.6 is 0 Å². The van der Waals surface area contributed by atoms with E-state index in [1.54, 1.807) is 0 Å². The summed E-state index contributed by atoms with van der Waals surface area (Å²) in [4.78, 5) is 3.80. The highest BCUT2D eigenvalue weighted by Crippen LogP contribution is 2.20. The lowest BCUT2D eigenvalue weighted by molar-refractivity contribution is 0.0572. The lowest BCUT2D eigenvalue weighted by Gasteiger charge is -2.14. The number of aliphatic hydroxyl groups is 2. The minimum absolute atomic E-state index is 0.0660. The van der Waals surface area contributed by atoms with Crippen molar-refractivity contribution in [1.29, 1.82) is 0 Å². The molecule has 0 unspecified atom stereocenters. The first kappa shape index (κ1) is 11.5. The summed E-state index contributed by atoms with van der Waals surface area (Å²) in [6, 6.07) is 2.95. The van der Waals surface area contributed by atoms with Gasteiger partial charge in [-0.2, -0.15) is 4.31 Å². The molecule has 2 atom stereocenters. The molecule has 0 aliphatic carbocycles. The van der Waals surface area contributed by atoms with Crippen molar-refractivity contribution in [2.75, 3.05) is 13.1 Å². The number of pyridine rings is 1. The lowest BCUT2D eigenvalue weighted by Crippen LogP contribution is -2.30. The van der Waals surface area contributed by atoms with E-state index in [0.717, 1.165) is 4.31 Å². The van der Waals surface area contributed by atoms with Crippen LogP contribution in [0, 0.1) is 0 Å². The quantitative estimate of drug-likeness (QED) is 0.682. The number of sulfonamides is 1. The molecule has 16 heavy (non-hydrogen) atoms. The van der Waals surface area contributed by atoms with Gasteiger partial charge in [-0.25, -0.2) is 8.42 Å². The predicted octanol–water partition coefficient (Wildman–Crippen LogP) is -1.19. The SMILES string of the molecule is O=S(=O)(c1cccnc1)N1C[C@@H](O)[C@@H](O)C1. The first-order chi connectivity index (χ1) is 7.51. The van der Waals surface area contributed by atoms with Gasteiger partial charge in [-0.3, -0.25) is 4.98 Å². The summed E-state index contributed by atoms with van der Waals surface area (Å²) in [6.07, 6.45) is 0.678. The highest BCUT2D eigenvalue weighted by Gasteiger charge is 2.37. The highest BCUT2D eigenvalue weighted by atomic mass is 32.2. The maximum atomic E-state index is 12.0. The molecule has 7 heteroatoms. The van der Waals surface area contributed by atoms with Gasteiger partial charge in [0.1, 0.15) is 4.90 Å². The van der Waals surface area contributed by atoms with E-state index in [2.05, 4.69) is 4.98 Å². The summed E-state index contributed by atoms with van der Waals surface area (Å²) in [7, 11) is -3.65. The highest BCUT2D eigenvalue weighted by molar-refractivity contribution is 7.89. The smallest absolute Gasteiger partial charge is 0.244 e. The molecule has 1 aliphatic heterocycles. The molecule has 1 aliphatic rings. The lowest BCUT2D eigenvalue weighted by atomic mass is 10.3. The first-order valence-electron chi connectivity index (χ1n) is 4.78. The standard InChI is InChI=1S/C9H12N2O4S/c12-8-5-11(6-9(8)13)16(14,15)7-2-1-3-10-4-7/h1-4,8-9,12-13H,5-6H2/t8-,9+. The molecule has 1 saturated heterocycles. The van der Waals surface area contributed by atoms with Crippen LogP contribution in [0.3, 0.4) is 0 Å². The normalized spacial score (nSPS) is 27.1. The van der Waals surface area contributed by atoms with Crippen LogP contribution < -0.4 is 0 Å². The Morgan fingerprint density at radius 2 is 1.94 bits per heavy atom. The maximum absolute atomic E-state index is 12.0. The topological polar surface area (TPSA) is 90.7 Å². The molecule has 88 valence electrons. The molecule has 6 nitrogen and oxygen atoms in total. The zero-order valence-electron chi connectivity index (χ0n) is 8.39. The van der Waals surface area contributed by atoms with Gasteiger partial charge < -0.3 is 10.2 Å². The molecule has 0 spiro atoms. The first-order valence-corrected chi connectivity index (χ1v) is 6.22. The van der Waals surface area contributed by atoms with Gasteiger partial charge in [-0.1, -0.05) is 0 Å². The van der Waals surface area contributed by atoms with Gasteiger partial charge in [0.2, 0.25) is 10.0 Å². The van der Waals surface area contributed by atoms with Crippen LogP contribution in [-0.4, -0.2) is 53.2 Å². The van der Waals surface area contributed by atoms with Gasteiger partial charge in [0.05, 0.1) is 12.2 Å². The molecule has 2 heterocycles. The third-order valence-electron chi connectivity index (χ3n) is 2.50. The summed E-state index contributed by atoms with van der Waals surface area (Å²) in [6.45, 7) is -0.170. The van der Waals surface area contributed by atoms with E-state index in [4.69, 9.17) is 0 Å². The van der Waals surface area contributed by atoms with Gasteiger partial charge in [0.25, 0.3) is 0 Å². The number of aromatic nitrogens is 1. The Labute approximate surface area is 93.2 Å². The second-order valence-electron chi connectivity index (χ2n) is 3.65. The van der Waals surface area contributed by atoms with Crippen molar-refractivity contribution in [1.82, 2.24) is 9.29 Å². The zero-order valence-corrected chi connectivity index (χ0v) is 9.21. The average molecular weight is 244 g/mol. The second kappa shape index (κ2) is 4.10. The van der Waals surface area contributed by atoms with Crippen molar-refractivity contribution >= 4 is 10.0 Å². The molecule has 0 saturated carbocycles. The van der Waals surface area contributed by atoms with Gasteiger partial charge >= 0.3 is 0 Å². The van der Waals surface area contributed by atoms with Gasteiger partial charge in [0.15, 0.2) is 0 Å². The molecule has 2 rings (SSSR count). The molecule has 2 N–H and O–H groups in total. The number of hydrogen-bond acceptors (Lipinski definition) is 5. The summed E-state index contributed by atoms with van der Waals surface area (Å²) in [5.74, 6) is 0. The molecule has 1 fully saturated rings. The molecule has 0 radical (unpaired) electrons. The molecule has 1 aromatic heterocycles. The summed E-state index contributed by atoms with van der Waals surface area (Å²) in [5.41, 5.74) is 0. The van der Waals surface area contributed by atoms with Crippen molar-refractivity contribution in [3.63, 3.8) is 0 Å². The van der Waals surface area contributed by atoms with E-state index < -0.39 is 22.2 Å². The number of β-amino-alcohol motifs (C(OH)–C–C–N with tert-alkyl or cyclic N) is 2. The minimum Gasteiger partial charge on any atom is -0.389 e. The molecular formula is C9H12N2O4S. The Morgan fingerprint density at radius 1 is 1.31 bits per heavy atom. The minimum atomic E-state index is -3.65. The van der Waals surface area contributed by atoms with Crippen molar-refractivity contribution in [3.05, 3.63) is 24.5 Å². The number of nitrogens with zero attached hydrogens (tertiary/aromatic N) is 2. The largest absolute Gasteiger partial charge is 0.389 e. The van der Waals surface area contributed by atoms with Crippen molar-refractivity contribution in [2.45, 2.75) is 17.1 Å². The third kappa shape index (κ3) is 1.94. The molecule has 0 amide bonds. The van der Waals surface area contributed by atoms with E-state index in [1.165, 1.54) is 24.5 Å². The van der Waals surface area contributed by atoms with Crippen LogP contribution in [-0.2, 0) is 10.0 Å². The maximum Gasteiger partial charge on any atom is 0.244 e. The Kier molecular flexibility index (Phi) is 2.94. The van der Waals surface area contributed by atoms with Crippen LogP contribution in [0.1, 0.15) is 0 Å². The van der Waals surface area contributed by atoms with Crippen molar-refractivity contribution in [3.8, 4) is 0 Å². The molecule has 0 aromatic carbocycles. The second-order valence-corrected chi connectivity index (χ2v) is 5.58. The Morgan fingerprint density at radius 3 is 2.44 bits per heavy atom. The van der Waals surface area contributed by atoms with E-state index in [9.17, 15) is 18.6 Å². The van der Waals surface area contributed by atoms with Crippen LogP contribution in [0.4, 0.5) is 0 Å². The Bertz CT molecular complexity index is 452. The van der Waals surface area contributed by atoms with Crippen molar-refractivity contribution < 1.29 is 18.6 Å². The van der Waals surface area contributed by atoms with E-state index in [0.29, 0.717) is 0 Å². The van der Waals surface area contributed by atoms with Gasteiger partial charge in [-0.15, -0.1) is 0 Å².